The predicted octanol–water partition coefficient (Wildman–Crippen LogP) is 3.71. The molecule has 2 aliphatic rings. The monoisotopic (exact) mass is 358 g/mol. The molecular weight excluding hydrogens is 336 g/mol. The van der Waals surface area contributed by atoms with Crippen LogP contribution in [0.3, 0.4) is 0 Å². The zero-order valence-corrected chi connectivity index (χ0v) is 15.1. The van der Waals surface area contributed by atoms with Crippen molar-refractivity contribution < 1.29 is 0 Å². The molecule has 25 heavy (non-hydrogen) atoms. The maximum Gasteiger partial charge on any atom is 0.331 e. The van der Waals surface area contributed by atoms with Crippen LogP contribution in [0.4, 0.5) is 0 Å². The van der Waals surface area contributed by atoms with E-state index >= 15 is 0 Å². The summed E-state index contributed by atoms with van der Waals surface area (Å²) in [6, 6.07) is 7.67. The lowest BCUT2D eigenvalue weighted by Gasteiger charge is -2.25. The summed E-state index contributed by atoms with van der Waals surface area (Å²) in [5.41, 5.74) is 2.61. The van der Waals surface area contributed by atoms with Crippen molar-refractivity contribution in [3.8, 4) is 0 Å². The third kappa shape index (κ3) is 3.08. The average molecular weight is 359 g/mol. The first-order valence-corrected chi connectivity index (χ1v) is 9.64. The second-order valence-corrected chi connectivity index (χ2v) is 7.68. The molecule has 0 atom stereocenters. The van der Waals surface area contributed by atoms with Gasteiger partial charge in [0.15, 0.2) is 0 Å². The number of benzene rings is 1. The highest BCUT2D eigenvalue weighted by atomic mass is 35.5. The van der Waals surface area contributed by atoms with Gasteiger partial charge in [0.05, 0.1) is 6.54 Å². The molecule has 0 bridgehead atoms. The molecule has 0 aliphatic heterocycles. The average Bonchev–Trinajstić information content (AvgIpc) is 3.10. The lowest BCUT2D eigenvalue weighted by atomic mass is 9.95. The third-order valence-corrected chi connectivity index (χ3v) is 5.83. The Hall–Kier alpha value is -1.81. The molecule has 0 unspecified atom stereocenters. The molecule has 0 amide bonds. The van der Waals surface area contributed by atoms with Crippen molar-refractivity contribution in [2.75, 3.05) is 0 Å². The number of nitrogens with zero attached hydrogens (tertiary/aromatic N) is 2. The Morgan fingerprint density at radius 3 is 2.60 bits per heavy atom. The van der Waals surface area contributed by atoms with E-state index in [0.29, 0.717) is 11.6 Å². The Balaban J connectivity index is 1.84. The number of halogens is 1. The molecule has 1 heterocycles. The van der Waals surface area contributed by atoms with Crippen LogP contribution in [0.25, 0.3) is 0 Å². The molecule has 0 spiro atoms. The summed E-state index contributed by atoms with van der Waals surface area (Å²) in [6.45, 7) is 0.481. The molecule has 1 saturated carbocycles. The van der Waals surface area contributed by atoms with E-state index in [4.69, 9.17) is 11.6 Å². The molecule has 2 aromatic rings. The zero-order valence-electron chi connectivity index (χ0n) is 14.3. The summed E-state index contributed by atoms with van der Waals surface area (Å²) in [5, 5.41) is 0.669. The number of rotatable bonds is 3. The smallest absolute Gasteiger partial charge is 0.293 e. The standard InChI is InChI=1S/C20H23ClN2O2/c21-15-7-4-6-14(12-15)13-22-18-11-5-10-17(18)19(24)23(20(22)25)16-8-2-1-3-9-16/h4,6-7,12,16H,1-3,5,8-11,13H2. The fraction of sp³-hybridized carbons (Fsp3) is 0.500. The van der Waals surface area contributed by atoms with E-state index in [2.05, 4.69) is 0 Å². The van der Waals surface area contributed by atoms with Gasteiger partial charge in [-0.05, 0) is 49.8 Å². The van der Waals surface area contributed by atoms with Crippen molar-refractivity contribution in [1.29, 1.82) is 0 Å². The van der Waals surface area contributed by atoms with Gasteiger partial charge in [0.25, 0.3) is 5.56 Å². The van der Waals surface area contributed by atoms with Crippen molar-refractivity contribution in [3.05, 3.63) is 66.9 Å². The van der Waals surface area contributed by atoms with Crippen molar-refractivity contribution in [2.45, 2.75) is 64.0 Å². The van der Waals surface area contributed by atoms with Crippen LogP contribution >= 0.6 is 11.6 Å². The van der Waals surface area contributed by atoms with Gasteiger partial charge in [-0.2, -0.15) is 0 Å². The highest BCUT2D eigenvalue weighted by Crippen LogP contribution is 2.27. The summed E-state index contributed by atoms with van der Waals surface area (Å²) in [6.07, 6.45) is 7.82. The fourth-order valence-electron chi connectivity index (χ4n) is 4.38. The van der Waals surface area contributed by atoms with Crippen LogP contribution in [0, 0.1) is 0 Å². The quantitative estimate of drug-likeness (QED) is 0.839. The maximum absolute atomic E-state index is 13.2. The lowest BCUT2D eigenvalue weighted by Crippen LogP contribution is -2.45. The van der Waals surface area contributed by atoms with E-state index < -0.39 is 0 Å². The number of hydrogen-bond acceptors (Lipinski definition) is 2. The van der Waals surface area contributed by atoms with Gasteiger partial charge in [-0.25, -0.2) is 4.79 Å². The van der Waals surface area contributed by atoms with Gasteiger partial charge in [-0.1, -0.05) is 43.0 Å². The Morgan fingerprint density at radius 2 is 1.84 bits per heavy atom. The van der Waals surface area contributed by atoms with E-state index in [1.165, 1.54) is 6.42 Å². The Kier molecular flexibility index (Phi) is 4.55. The van der Waals surface area contributed by atoms with Gasteiger partial charge < -0.3 is 0 Å². The summed E-state index contributed by atoms with van der Waals surface area (Å²) in [5.74, 6) is 0. The fourth-order valence-corrected chi connectivity index (χ4v) is 4.59. The summed E-state index contributed by atoms with van der Waals surface area (Å²) in [4.78, 5) is 26.2. The first kappa shape index (κ1) is 16.6. The van der Waals surface area contributed by atoms with Crippen LogP contribution in [0.1, 0.15) is 61.4 Å². The SMILES string of the molecule is O=c1c2c(n(Cc3cccc(Cl)c3)c(=O)n1C1CCCCC1)CCC2. The molecule has 1 fully saturated rings. The minimum Gasteiger partial charge on any atom is -0.293 e. The Morgan fingerprint density at radius 1 is 1.04 bits per heavy atom. The predicted molar refractivity (Wildman–Crippen MR) is 99.7 cm³/mol. The molecule has 4 nitrogen and oxygen atoms in total. The van der Waals surface area contributed by atoms with Gasteiger partial charge in [0.1, 0.15) is 0 Å². The Labute approximate surface area is 152 Å². The van der Waals surface area contributed by atoms with Crippen molar-refractivity contribution in [3.63, 3.8) is 0 Å². The molecule has 1 aromatic heterocycles. The van der Waals surface area contributed by atoms with Gasteiger partial charge in [0.2, 0.25) is 0 Å². The third-order valence-electron chi connectivity index (χ3n) is 5.60. The van der Waals surface area contributed by atoms with E-state index in [9.17, 15) is 9.59 Å². The summed E-state index contributed by atoms with van der Waals surface area (Å²) in [7, 11) is 0. The van der Waals surface area contributed by atoms with Crippen LogP contribution in [-0.4, -0.2) is 9.13 Å². The molecular formula is C20H23ClN2O2. The maximum atomic E-state index is 13.2. The van der Waals surface area contributed by atoms with Gasteiger partial charge in [-0.15, -0.1) is 0 Å². The molecule has 0 N–H and O–H groups in total. The zero-order chi connectivity index (χ0) is 17.4. The minimum absolute atomic E-state index is 0.0354. The van der Waals surface area contributed by atoms with Gasteiger partial charge >= 0.3 is 5.69 Å². The number of hydrogen-bond donors (Lipinski definition) is 0. The molecule has 4 rings (SSSR count). The van der Waals surface area contributed by atoms with Crippen LogP contribution < -0.4 is 11.2 Å². The van der Waals surface area contributed by atoms with Gasteiger partial charge in [-0.3, -0.25) is 13.9 Å². The van der Waals surface area contributed by atoms with Crippen molar-refractivity contribution in [2.24, 2.45) is 0 Å². The molecule has 0 radical (unpaired) electrons. The molecule has 132 valence electrons. The number of aromatic nitrogens is 2. The van der Waals surface area contributed by atoms with E-state index in [0.717, 1.165) is 61.8 Å². The first-order valence-electron chi connectivity index (χ1n) is 9.26. The van der Waals surface area contributed by atoms with E-state index in [-0.39, 0.29) is 17.3 Å². The van der Waals surface area contributed by atoms with Crippen LogP contribution in [0.15, 0.2) is 33.9 Å². The molecule has 0 saturated heterocycles. The van der Waals surface area contributed by atoms with Crippen LogP contribution in [0.5, 0.6) is 0 Å². The second kappa shape index (κ2) is 6.83. The molecule has 2 aliphatic carbocycles. The lowest BCUT2D eigenvalue weighted by molar-refractivity contribution is 0.328. The van der Waals surface area contributed by atoms with Crippen molar-refractivity contribution >= 4 is 11.6 Å². The topological polar surface area (TPSA) is 44.0 Å². The van der Waals surface area contributed by atoms with E-state index in [1.54, 1.807) is 4.57 Å². The summed E-state index contributed by atoms with van der Waals surface area (Å²) >= 11 is 6.10. The normalized spacial score (nSPS) is 17.6. The molecule has 5 heteroatoms. The Bertz CT molecular complexity index is 907. The van der Waals surface area contributed by atoms with Crippen molar-refractivity contribution in [1.82, 2.24) is 9.13 Å². The first-order chi connectivity index (χ1) is 12.1. The minimum atomic E-state index is -0.141. The number of fused-ring (bicyclic) bond motifs is 1. The van der Waals surface area contributed by atoms with Crippen LogP contribution in [0.2, 0.25) is 5.02 Å². The van der Waals surface area contributed by atoms with E-state index in [1.807, 2.05) is 28.8 Å². The van der Waals surface area contributed by atoms with Gasteiger partial charge in [0, 0.05) is 22.3 Å². The molecule has 1 aromatic carbocycles. The highest BCUT2D eigenvalue weighted by molar-refractivity contribution is 6.30. The highest BCUT2D eigenvalue weighted by Gasteiger charge is 2.27. The largest absolute Gasteiger partial charge is 0.331 e. The second-order valence-electron chi connectivity index (χ2n) is 7.24. The summed E-state index contributed by atoms with van der Waals surface area (Å²) < 4.78 is 3.39. The van der Waals surface area contributed by atoms with Crippen LogP contribution in [-0.2, 0) is 19.4 Å².